The Labute approximate surface area is 246 Å². The number of aliphatic carboxylic acids is 1. The number of benzene rings is 4. The summed E-state index contributed by atoms with van der Waals surface area (Å²) in [6, 6.07) is 25.8. The summed E-state index contributed by atoms with van der Waals surface area (Å²) in [7, 11) is 0. The number of guanidine groups is 1. The van der Waals surface area contributed by atoms with Gasteiger partial charge < -0.3 is 26.8 Å². The van der Waals surface area contributed by atoms with Crippen LogP contribution in [0.25, 0.3) is 0 Å². The van der Waals surface area contributed by atoms with Crippen LogP contribution >= 0.6 is 23.2 Å². The smallest absolute Gasteiger partial charge is 0.328 e. The van der Waals surface area contributed by atoms with Crippen molar-refractivity contribution >= 4 is 64.0 Å². The van der Waals surface area contributed by atoms with Gasteiger partial charge in [0.15, 0.2) is 12.0 Å². The number of carboxylic acids is 1. The first-order valence-corrected chi connectivity index (χ1v) is 13.1. The Bertz CT molecular complexity index is 1570. The molecule has 0 bridgehead atoms. The van der Waals surface area contributed by atoms with Crippen LogP contribution in [0.3, 0.4) is 0 Å². The molecule has 0 spiro atoms. The number of carbonyl (C=O) groups excluding carboxylic acids is 2. The van der Waals surface area contributed by atoms with Crippen molar-refractivity contribution in [3.63, 3.8) is 0 Å². The molecule has 1 atom stereocenters. The SMILES string of the molecule is NC(=N[C@@H](Cc1ccc(NC(=O)c2c(Cl)cccc2Cl)cc1)C(=O)O)Nc1ccccc1C(=O)Nc1ccccc1. The average Bonchev–Trinajstić information content (AvgIpc) is 2.94. The molecule has 0 radical (unpaired) electrons. The van der Waals surface area contributed by atoms with E-state index in [9.17, 15) is 19.5 Å². The van der Waals surface area contributed by atoms with Crippen molar-refractivity contribution in [2.24, 2.45) is 10.7 Å². The third-order valence-electron chi connectivity index (χ3n) is 5.88. The summed E-state index contributed by atoms with van der Waals surface area (Å²) in [5.74, 6) is -2.20. The van der Waals surface area contributed by atoms with Crippen LogP contribution in [0.15, 0.2) is 102 Å². The Hall–Kier alpha value is -4.86. The number of hydrogen-bond acceptors (Lipinski definition) is 4. The predicted octanol–water partition coefficient (Wildman–Crippen LogP) is 5.92. The minimum atomic E-state index is -1.21. The number of aliphatic imine (C=N–C) groups is 1. The van der Waals surface area contributed by atoms with E-state index in [0.717, 1.165) is 0 Å². The molecule has 6 N–H and O–H groups in total. The van der Waals surface area contributed by atoms with Crippen LogP contribution in [-0.4, -0.2) is 34.9 Å². The lowest BCUT2D eigenvalue weighted by molar-refractivity contribution is -0.138. The maximum absolute atomic E-state index is 12.8. The van der Waals surface area contributed by atoms with Gasteiger partial charge >= 0.3 is 5.97 Å². The maximum Gasteiger partial charge on any atom is 0.328 e. The van der Waals surface area contributed by atoms with Crippen molar-refractivity contribution in [3.8, 4) is 0 Å². The quantitative estimate of drug-likeness (QED) is 0.121. The van der Waals surface area contributed by atoms with Crippen molar-refractivity contribution in [1.82, 2.24) is 0 Å². The van der Waals surface area contributed by atoms with E-state index in [2.05, 4.69) is 20.9 Å². The van der Waals surface area contributed by atoms with Crippen LogP contribution in [0.1, 0.15) is 26.3 Å². The van der Waals surface area contributed by atoms with E-state index in [-0.39, 0.29) is 33.9 Å². The molecule has 0 fully saturated rings. The Balaban J connectivity index is 1.43. The molecule has 0 aromatic heterocycles. The molecule has 0 saturated heterocycles. The fourth-order valence-corrected chi connectivity index (χ4v) is 4.46. The highest BCUT2D eigenvalue weighted by Crippen LogP contribution is 2.25. The Morgan fingerprint density at radius 1 is 0.732 bits per heavy atom. The van der Waals surface area contributed by atoms with Crippen molar-refractivity contribution < 1.29 is 19.5 Å². The second-order valence-electron chi connectivity index (χ2n) is 8.81. The van der Waals surface area contributed by atoms with Crippen LogP contribution in [0.4, 0.5) is 17.1 Å². The highest BCUT2D eigenvalue weighted by Gasteiger charge is 2.19. The number of carbonyl (C=O) groups is 3. The Morgan fingerprint density at radius 3 is 1.98 bits per heavy atom. The molecular weight excluding hydrogens is 565 g/mol. The number of nitrogens with one attached hydrogen (secondary N) is 3. The molecule has 0 heterocycles. The molecule has 0 unspecified atom stereocenters. The molecule has 41 heavy (non-hydrogen) atoms. The van der Waals surface area contributed by atoms with E-state index in [4.69, 9.17) is 28.9 Å². The second kappa shape index (κ2) is 13.5. The van der Waals surface area contributed by atoms with E-state index >= 15 is 0 Å². The van der Waals surface area contributed by atoms with E-state index in [1.165, 1.54) is 0 Å². The highest BCUT2D eigenvalue weighted by atomic mass is 35.5. The number of nitrogens with zero attached hydrogens (tertiary/aromatic N) is 1. The van der Waals surface area contributed by atoms with Crippen molar-refractivity contribution in [3.05, 3.63) is 124 Å². The summed E-state index contributed by atoms with van der Waals surface area (Å²) in [4.78, 5) is 41.5. The molecule has 4 aromatic rings. The molecule has 0 saturated carbocycles. The zero-order chi connectivity index (χ0) is 29.4. The van der Waals surface area contributed by atoms with Crippen LogP contribution in [0.5, 0.6) is 0 Å². The lowest BCUT2D eigenvalue weighted by atomic mass is 10.1. The van der Waals surface area contributed by atoms with Crippen molar-refractivity contribution in [2.45, 2.75) is 12.5 Å². The van der Waals surface area contributed by atoms with Gasteiger partial charge in [0.05, 0.1) is 26.9 Å². The molecule has 208 valence electrons. The number of rotatable bonds is 9. The summed E-state index contributed by atoms with van der Waals surface area (Å²) in [5.41, 5.74) is 8.61. The minimum absolute atomic E-state index is 0.0262. The van der Waals surface area contributed by atoms with Gasteiger partial charge in [0.2, 0.25) is 0 Å². The standard InChI is InChI=1S/C30H25Cl2N5O4/c31-22-10-6-11-23(32)26(22)28(39)35-20-15-13-18(14-16-20)17-25(29(40)41)37-30(33)36-24-12-5-4-9-21(24)27(38)34-19-7-2-1-3-8-19/h1-16,25H,17H2,(H,34,38)(H,35,39)(H,40,41)(H3,33,36,37)/t25-/m0/s1. The van der Waals surface area contributed by atoms with Crippen molar-refractivity contribution in [2.75, 3.05) is 16.0 Å². The first-order valence-electron chi connectivity index (χ1n) is 12.3. The molecule has 11 heteroatoms. The monoisotopic (exact) mass is 589 g/mol. The third kappa shape index (κ3) is 7.84. The largest absolute Gasteiger partial charge is 0.480 e. The Morgan fingerprint density at radius 2 is 1.32 bits per heavy atom. The van der Waals surface area contributed by atoms with Crippen LogP contribution in [0, 0.1) is 0 Å². The highest BCUT2D eigenvalue weighted by molar-refractivity contribution is 6.40. The molecule has 4 rings (SSSR count). The zero-order valence-corrected chi connectivity index (χ0v) is 23.0. The van der Waals surface area contributed by atoms with Gasteiger partial charge in [-0.1, -0.05) is 71.7 Å². The van der Waals surface area contributed by atoms with E-state index < -0.39 is 17.9 Å². The second-order valence-corrected chi connectivity index (χ2v) is 9.63. The van der Waals surface area contributed by atoms with E-state index in [1.807, 2.05) is 6.07 Å². The number of carboxylic acid groups (broad SMARTS) is 1. The number of hydrogen-bond donors (Lipinski definition) is 5. The number of amides is 2. The lowest BCUT2D eigenvalue weighted by Gasteiger charge is -2.14. The van der Waals surface area contributed by atoms with Gasteiger partial charge in [-0.05, 0) is 54.1 Å². The van der Waals surface area contributed by atoms with Gasteiger partial charge in [0, 0.05) is 17.8 Å². The fourth-order valence-electron chi connectivity index (χ4n) is 3.89. The number of para-hydroxylation sites is 2. The number of nitrogens with two attached hydrogens (primary N) is 1. The molecule has 0 aliphatic carbocycles. The van der Waals surface area contributed by atoms with Gasteiger partial charge in [-0.25, -0.2) is 9.79 Å². The van der Waals surface area contributed by atoms with Gasteiger partial charge in [-0.3, -0.25) is 9.59 Å². The predicted molar refractivity (Wildman–Crippen MR) is 162 cm³/mol. The van der Waals surface area contributed by atoms with E-state index in [1.54, 1.807) is 91.0 Å². The number of halogens is 2. The van der Waals surface area contributed by atoms with Gasteiger partial charge in [0.25, 0.3) is 11.8 Å². The summed E-state index contributed by atoms with van der Waals surface area (Å²) in [5, 5.41) is 18.6. The third-order valence-corrected chi connectivity index (χ3v) is 6.51. The lowest BCUT2D eigenvalue weighted by Crippen LogP contribution is -2.30. The first-order chi connectivity index (χ1) is 19.7. The molecule has 4 aromatic carbocycles. The van der Waals surface area contributed by atoms with Crippen LogP contribution < -0.4 is 21.7 Å². The molecule has 0 aliphatic rings. The zero-order valence-electron chi connectivity index (χ0n) is 21.5. The van der Waals surface area contributed by atoms with Gasteiger partial charge in [0.1, 0.15) is 0 Å². The summed E-state index contributed by atoms with van der Waals surface area (Å²) >= 11 is 12.2. The summed E-state index contributed by atoms with van der Waals surface area (Å²) in [6.45, 7) is 0. The van der Waals surface area contributed by atoms with Gasteiger partial charge in [-0.2, -0.15) is 0 Å². The van der Waals surface area contributed by atoms with Gasteiger partial charge in [-0.15, -0.1) is 0 Å². The van der Waals surface area contributed by atoms with Crippen LogP contribution in [-0.2, 0) is 11.2 Å². The molecule has 2 amide bonds. The topological polar surface area (TPSA) is 146 Å². The summed E-state index contributed by atoms with van der Waals surface area (Å²) < 4.78 is 0. The average molecular weight is 590 g/mol. The first kappa shape index (κ1) is 29.1. The fraction of sp³-hybridized carbons (Fsp3) is 0.0667. The van der Waals surface area contributed by atoms with E-state index in [0.29, 0.717) is 28.2 Å². The maximum atomic E-state index is 12.8. The minimum Gasteiger partial charge on any atom is -0.480 e. The van der Waals surface area contributed by atoms with Crippen molar-refractivity contribution in [1.29, 1.82) is 0 Å². The molecule has 0 aliphatic heterocycles. The summed E-state index contributed by atoms with van der Waals surface area (Å²) in [6.07, 6.45) is 0.0262. The molecule has 9 nitrogen and oxygen atoms in total. The molecular formula is C30H25Cl2N5O4. The normalized spacial score (nSPS) is 11.8. The number of anilines is 3. The Kier molecular flexibility index (Phi) is 9.57. The van der Waals surface area contributed by atoms with Crippen LogP contribution in [0.2, 0.25) is 10.0 Å².